The quantitative estimate of drug-likeness (QED) is 0.643. The SMILES string of the molecule is O=c1[nH][nH]c(=S)n1N1CCCCC1. The number of aromatic nitrogens is 3. The fourth-order valence-corrected chi connectivity index (χ4v) is 1.89. The lowest BCUT2D eigenvalue weighted by molar-refractivity contribution is 0.467. The van der Waals surface area contributed by atoms with Crippen LogP contribution in [0.1, 0.15) is 19.3 Å². The Morgan fingerprint density at radius 1 is 1.15 bits per heavy atom. The van der Waals surface area contributed by atoms with E-state index in [1.165, 1.54) is 11.1 Å². The molecule has 1 fully saturated rings. The van der Waals surface area contributed by atoms with Gasteiger partial charge in [-0.1, -0.05) is 0 Å². The molecule has 5 nitrogen and oxygen atoms in total. The minimum atomic E-state index is -0.174. The smallest absolute Gasteiger partial charge is 0.306 e. The van der Waals surface area contributed by atoms with Gasteiger partial charge in [0.25, 0.3) is 0 Å². The summed E-state index contributed by atoms with van der Waals surface area (Å²) in [4.78, 5) is 11.3. The molecule has 2 heterocycles. The summed E-state index contributed by atoms with van der Waals surface area (Å²) in [5.74, 6) is 0. The van der Waals surface area contributed by atoms with Gasteiger partial charge in [-0.05, 0) is 31.5 Å². The Balaban J connectivity index is 2.33. The zero-order valence-electron chi connectivity index (χ0n) is 7.25. The van der Waals surface area contributed by atoms with Gasteiger partial charge in [0.05, 0.1) is 0 Å². The van der Waals surface area contributed by atoms with E-state index < -0.39 is 0 Å². The van der Waals surface area contributed by atoms with Gasteiger partial charge < -0.3 is 5.01 Å². The molecule has 13 heavy (non-hydrogen) atoms. The molecular weight excluding hydrogens is 188 g/mol. The Bertz CT molecular complexity index is 356. The lowest BCUT2D eigenvalue weighted by Gasteiger charge is -2.27. The van der Waals surface area contributed by atoms with Crippen LogP contribution >= 0.6 is 12.2 Å². The molecule has 1 aromatic heterocycles. The van der Waals surface area contributed by atoms with Crippen molar-refractivity contribution in [3.8, 4) is 0 Å². The van der Waals surface area contributed by atoms with Crippen molar-refractivity contribution in [3.05, 3.63) is 15.3 Å². The van der Waals surface area contributed by atoms with Gasteiger partial charge in [-0.3, -0.25) is 5.10 Å². The molecule has 6 heteroatoms. The third-order valence-corrected chi connectivity index (χ3v) is 2.55. The molecule has 1 aliphatic rings. The Kier molecular flexibility index (Phi) is 2.22. The van der Waals surface area contributed by atoms with Crippen LogP contribution in [0.3, 0.4) is 0 Å². The second-order valence-corrected chi connectivity index (χ2v) is 3.57. The molecule has 0 saturated carbocycles. The van der Waals surface area contributed by atoms with Crippen LogP contribution in [0.15, 0.2) is 4.79 Å². The third kappa shape index (κ3) is 1.53. The summed E-state index contributed by atoms with van der Waals surface area (Å²) in [6.07, 6.45) is 3.50. The summed E-state index contributed by atoms with van der Waals surface area (Å²) >= 11 is 4.99. The zero-order chi connectivity index (χ0) is 9.26. The summed E-state index contributed by atoms with van der Waals surface area (Å²) in [6.45, 7) is 1.82. The van der Waals surface area contributed by atoms with Crippen LogP contribution in [0, 0.1) is 4.77 Å². The van der Waals surface area contributed by atoms with E-state index in [2.05, 4.69) is 10.2 Å². The molecule has 0 aromatic carbocycles. The molecule has 1 aliphatic heterocycles. The molecule has 0 radical (unpaired) electrons. The maximum Gasteiger partial charge on any atom is 0.361 e. The van der Waals surface area contributed by atoms with Crippen molar-refractivity contribution < 1.29 is 0 Å². The maximum atomic E-state index is 11.3. The average molecular weight is 200 g/mol. The summed E-state index contributed by atoms with van der Waals surface area (Å²) < 4.78 is 1.96. The number of rotatable bonds is 1. The summed E-state index contributed by atoms with van der Waals surface area (Å²) in [7, 11) is 0. The minimum Gasteiger partial charge on any atom is -0.306 e. The monoisotopic (exact) mass is 200 g/mol. The first-order valence-electron chi connectivity index (χ1n) is 4.44. The van der Waals surface area contributed by atoms with Crippen molar-refractivity contribution in [1.29, 1.82) is 0 Å². The van der Waals surface area contributed by atoms with Crippen LogP contribution in [-0.4, -0.2) is 28.0 Å². The second kappa shape index (κ2) is 3.37. The van der Waals surface area contributed by atoms with E-state index in [1.54, 1.807) is 0 Å². The number of aromatic amines is 2. The first-order chi connectivity index (χ1) is 6.29. The third-order valence-electron chi connectivity index (χ3n) is 2.28. The molecule has 1 saturated heterocycles. The van der Waals surface area contributed by atoms with Gasteiger partial charge in [0.1, 0.15) is 0 Å². The Hall–Kier alpha value is -1.04. The average Bonchev–Trinajstić information content (AvgIpc) is 2.48. The van der Waals surface area contributed by atoms with Gasteiger partial charge in [0, 0.05) is 13.1 Å². The highest BCUT2D eigenvalue weighted by Gasteiger charge is 2.13. The second-order valence-electron chi connectivity index (χ2n) is 3.19. The van der Waals surface area contributed by atoms with Crippen LogP contribution in [0.25, 0.3) is 0 Å². The van der Waals surface area contributed by atoms with Gasteiger partial charge in [-0.2, -0.15) is 4.68 Å². The van der Waals surface area contributed by atoms with E-state index in [4.69, 9.17) is 12.2 Å². The van der Waals surface area contributed by atoms with Crippen LogP contribution in [0.5, 0.6) is 0 Å². The lowest BCUT2D eigenvalue weighted by atomic mass is 10.2. The van der Waals surface area contributed by atoms with E-state index in [9.17, 15) is 4.79 Å². The van der Waals surface area contributed by atoms with Crippen LogP contribution in [0.4, 0.5) is 0 Å². The summed E-state index contributed by atoms with van der Waals surface area (Å²) in [5.41, 5.74) is -0.174. The van der Waals surface area contributed by atoms with E-state index in [0.29, 0.717) is 4.77 Å². The topological polar surface area (TPSA) is 56.8 Å². The van der Waals surface area contributed by atoms with Gasteiger partial charge >= 0.3 is 5.69 Å². The van der Waals surface area contributed by atoms with Crippen molar-refractivity contribution in [2.24, 2.45) is 0 Å². The predicted molar refractivity (Wildman–Crippen MR) is 52.0 cm³/mol. The maximum absolute atomic E-state index is 11.3. The number of nitrogens with one attached hydrogen (secondary N) is 2. The molecular formula is C7H12N4OS. The van der Waals surface area contributed by atoms with Crippen molar-refractivity contribution in [2.45, 2.75) is 19.3 Å². The molecule has 0 bridgehead atoms. The normalized spacial score (nSPS) is 17.7. The van der Waals surface area contributed by atoms with Crippen molar-refractivity contribution in [2.75, 3.05) is 18.1 Å². The van der Waals surface area contributed by atoms with Crippen LogP contribution in [-0.2, 0) is 0 Å². The Labute approximate surface area is 80.3 Å². The molecule has 72 valence electrons. The van der Waals surface area contributed by atoms with Crippen molar-refractivity contribution in [3.63, 3.8) is 0 Å². The largest absolute Gasteiger partial charge is 0.361 e. The highest BCUT2D eigenvalue weighted by Crippen LogP contribution is 2.06. The lowest BCUT2D eigenvalue weighted by Crippen LogP contribution is -2.44. The molecule has 0 amide bonds. The van der Waals surface area contributed by atoms with Gasteiger partial charge in [0.15, 0.2) is 0 Å². The highest BCUT2D eigenvalue weighted by atomic mass is 32.1. The van der Waals surface area contributed by atoms with E-state index >= 15 is 0 Å². The number of nitrogens with zero attached hydrogens (tertiary/aromatic N) is 2. The van der Waals surface area contributed by atoms with Crippen LogP contribution in [0.2, 0.25) is 0 Å². The summed E-state index contributed by atoms with van der Waals surface area (Å²) in [6, 6.07) is 0. The molecule has 0 unspecified atom stereocenters. The van der Waals surface area contributed by atoms with Crippen LogP contribution < -0.4 is 10.7 Å². The van der Waals surface area contributed by atoms with Gasteiger partial charge in [0.2, 0.25) is 4.77 Å². The van der Waals surface area contributed by atoms with Crippen molar-refractivity contribution in [1.82, 2.24) is 14.9 Å². The highest BCUT2D eigenvalue weighted by molar-refractivity contribution is 7.71. The fraction of sp³-hybridized carbons (Fsp3) is 0.714. The first-order valence-corrected chi connectivity index (χ1v) is 4.85. The van der Waals surface area contributed by atoms with E-state index in [-0.39, 0.29) is 5.69 Å². The molecule has 0 aliphatic carbocycles. The summed E-state index contributed by atoms with van der Waals surface area (Å²) in [5, 5.41) is 7.09. The standard InChI is InChI=1S/C7H12N4OS/c12-6-8-9-7(13)11(6)10-4-2-1-3-5-10/h1-5H2,(H,8,12)(H,9,13). The van der Waals surface area contributed by atoms with E-state index in [0.717, 1.165) is 25.9 Å². The molecule has 0 atom stereocenters. The zero-order valence-corrected chi connectivity index (χ0v) is 8.06. The van der Waals surface area contributed by atoms with Gasteiger partial charge in [-0.15, -0.1) is 0 Å². The number of H-pyrrole nitrogens is 2. The van der Waals surface area contributed by atoms with Crippen molar-refractivity contribution >= 4 is 12.2 Å². The fourth-order valence-electron chi connectivity index (χ4n) is 1.64. The molecule has 2 N–H and O–H groups in total. The number of piperidine rings is 1. The van der Waals surface area contributed by atoms with E-state index in [1.807, 2.05) is 5.01 Å². The molecule has 0 spiro atoms. The number of hydrogen-bond acceptors (Lipinski definition) is 3. The van der Waals surface area contributed by atoms with Gasteiger partial charge in [-0.25, -0.2) is 9.89 Å². The Morgan fingerprint density at radius 3 is 2.38 bits per heavy atom. The minimum absolute atomic E-state index is 0.174. The predicted octanol–water partition coefficient (Wildman–Crippen LogP) is 0.356. The molecule has 1 aromatic rings. The molecule has 2 rings (SSSR count). The Morgan fingerprint density at radius 2 is 1.85 bits per heavy atom. The number of hydrogen-bond donors (Lipinski definition) is 2. The first kappa shape index (κ1) is 8.55.